The number of primary amides is 1. The Morgan fingerprint density at radius 2 is 2.00 bits per heavy atom. The molecule has 1 amide bonds. The number of carbonyl (C=O) groups excluding carboxylic acids is 1. The van der Waals surface area contributed by atoms with Crippen molar-refractivity contribution in [2.75, 3.05) is 12.4 Å². The van der Waals surface area contributed by atoms with Gasteiger partial charge in [0.25, 0.3) is 11.8 Å². The smallest absolute Gasteiger partial charge is 0.251 e. The highest BCUT2D eigenvalue weighted by Gasteiger charge is 2.14. The Bertz CT molecular complexity index is 905. The molecule has 3 aromatic rings. The van der Waals surface area contributed by atoms with E-state index in [1.54, 1.807) is 19.2 Å². The molecule has 1 heterocycles. The van der Waals surface area contributed by atoms with Gasteiger partial charge in [0.15, 0.2) is 0 Å². The molecule has 7 nitrogen and oxygen atoms in total. The van der Waals surface area contributed by atoms with E-state index in [9.17, 15) is 4.79 Å². The average molecular weight is 338 g/mol. The summed E-state index contributed by atoms with van der Waals surface area (Å²) in [6, 6.07) is 12.7. The zero-order valence-electron chi connectivity index (χ0n) is 13.9. The molecule has 1 aromatic heterocycles. The van der Waals surface area contributed by atoms with E-state index in [0.29, 0.717) is 28.8 Å². The number of para-hydroxylation sites is 2. The molecule has 7 heteroatoms. The van der Waals surface area contributed by atoms with E-state index in [4.69, 9.17) is 14.9 Å². The summed E-state index contributed by atoms with van der Waals surface area (Å²) in [7, 11) is 1.58. The van der Waals surface area contributed by atoms with Gasteiger partial charge in [0.2, 0.25) is 5.89 Å². The molecule has 3 rings (SSSR count). The number of anilines is 1. The Kier molecular flexibility index (Phi) is 4.65. The lowest BCUT2D eigenvalue weighted by atomic mass is 10.1. The van der Waals surface area contributed by atoms with Crippen molar-refractivity contribution in [2.24, 2.45) is 5.73 Å². The summed E-state index contributed by atoms with van der Waals surface area (Å²) in [6.07, 6.45) is 0. The maximum atomic E-state index is 11.6. The number of nitrogens with zero attached hydrogens (tertiary/aromatic N) is 2. The molecule has 0 aliphatic carbocycles. The predicted octanol–water partition coefficient (Wildman–Crippen LogP) is 2.76. The molecule has 0 atom stereocenters. The molecule has 0 spiro atoms. The molecule has 2 aromatic carbocycles. The summed E-state index contributed by atoms with van der Waals surface area (Å²) < 4.78 is 11.0. The zero-order chi connectivity index (χ0) is 17.8. The Morgan fingerprint density at radius 1 is 1.20 bits per heavy atom. The fraction of sp³-hybridized carbons (Fsp3) is 0.167. The van der Waals surface area contributed by atoms with Gasteiger partial charge in [-0.05, 0) is 30.7 Å². The van der Waals surface area contributed by atoms with Gasteiger partial charge in [0.1, 0.15) is 5.75 Å². The summed E-state index contributed by atoms with van der Waals surface area (Å²) in [6.45, 7) is 2.16. The van der Waals surface area contributed by atoms with E-state index in [1.165, 1.54) is 0 Å². The lowest BCUT2D eigenvalue weighted by molar-refractivity contribution is 0.100. The van der Waals surface area contributed by atoms with Crippen LogP contribution in [-0.2, 0) is 6.54 Å². The number of hydrogen-bond acceptors (Lipinski definition) is 6. The third-order valence-electron chi connectivity index (χ3n) is 3.76. The summed E-state index contributed by atoms with van der Waals surface area (Å²) >= 11 is 0. The highest BCUT2D eigenvalue weighted by atomic mass is 16.5. The van der Waals surface area contributed by atoms with Gasteiger partial charge in [-0.25, -0.2) is 0 Å². The average Bonchev–Trinajstić information content (AvgIpc) is 3.09. The molecule has 0 radical (unpaired) electrons. The topological polar surface area (TPSA) is 103 Å². The van der Waals surface area contributed by atoms with Gasteiger partial charge in [0, 0.05) is 0 Å². The number of hydrogen-bond donors (Lipinski definition) is 2. The van der Waals surface area contributed by atoms with Crippen molar-refractivity contribution in [3.05, 3.63) is 59.5 Å². The van der Waals surface area contributed by atoms with Gasteiger partial charge in [-0.3, -0.25) is 4.79 Å². The second-order valence-corrected chi connectivity index (χ2v) is 5.42. The number of aromatic nitrogens is 2. The number of rotatable bonds is 6. The SMILES string of the molecule is COc1ccccc1-c1nnc(CNc2c(C)cccc2C(N)=O)o1. The molecule has 0 aliphatic rings. The van der Waals surface area contributed by atoms with E-state index < -0.39 is 5.91 Å². The van der Waals surface area contributed by atoms with Crippen molar-refractivity contribution in [2.45, 2.75) is 13.5 Å². The molecule has 0 aliphatic heterocycles. The second kappa shape index (κ2) is 7.04. The first-order valence-corrected chi connectivity index (χ1v) is 7.69. The Balaban J connectivity index is 1.81. The van der Waals surface area contributed by atoms with Crippen LogP contribution in [-0.4, -0.2) is 23.2 Å². The van der Waals surface area contributed by atoms with Crippen LogP contribution >= 0.6 is 0 Å². The van der Waals surface area contributed by atoms with Gasteiger partial charge in [-0.15, -0.1) is 10.2 Å². The first-order valence-electron chi connectivity index (χ1n) is 7.69. The second-order valence-electron chi connectivity index (χ2n) is 5.42. The van der Waals surface area contributed by atoms with Crippen molar-refractivity contribution in [3.63, 3.8) is 0 Å². The Hall–Kier alpha value is -3.35. The number of benzene rings is 2. The van der Waals surface area contributed by atoms with Crippen LogP contribution < -0.4 is 15.8 Å². The zero-order valence-corrected chi connectivity index (χ0v) is 13.9. The number of nitrogens with two attached hydrogens (primary N) is 1. The lowest BCUT2D eigenvalue weighted by Crippen LogP contribution is -2.15. The van der Waals surface area contributed by atoms with E-state index in [1.807, 2.05) is 37.3 Å². The lowest BCUT2D eigenvalue weighted by Gasteiger charge is -2.11. The molecule has 0 fully saturated rings. The van der Waals surface area contributed by atoms with Crippen LogP contribution in [0.25, 0.3) is 11.5 Å². The predicted molar refractivity (Wildman–Crippen MR) is 93.3 cm³/mol. The molecule has 0 saturated carbocycles. The van der Waals surface area contributed by atoms with Gasteiger partial charge in [-0.1, -0.05) is 24.3 Å². The number of aryl methyl sites for hydroxylation is 1. The molecular formula is C18H18N4O3. The van der Waals surface area contributed by atoms with Crippen LogP contribution in [0.1, 0.15) is 21.8 Å². The van der Waals surface area contributed by atoms with Gasteiger partial charge < -0.3 is 20.2 Å². The normalized spacial score (nSPS) is 10.5. The van der Waals surface area contributed by atoms with Crippen molar-refractivity contribution in [3.8, 4) is 17.2 Å². The van der Waals surface area contributed by atoms with Gasteiger partial charge >= 0.3 is 0 Å². The van der Waals surface area contributed by atoms with E-state index in [-0.39, 0.29) is 6.54 Å². The fourth-order valence-corrected chi connectivity index (χ4v) is 2.53. The van der Waals surface area contributed by atoms with Gasteiger partial charge in [-0.2, -0.15) is 0 Å². The minimum atomic E-state index is -0.494. The monoisotopic (exact) mass is 338 g/mol. The van der Waals surface area contributed by atoms with Crippen LogP contribution in [0, 0.1) is 6.92 Å². The highest BCUT2D eigenvalue weighted by molar-refractivity contribution is 5.99. The standard InChI is InChI=1S/C18H18N4O3/c1-11-6-5-8-13(17(19)23)16(11)20-10-15-21-22-18(25-15)12-7-3-4-9-14(12)24-2/h3-9,20H,10H2,1-2H3,(H2,19,23). The van der Waals surface area contributed by atoms with E-state index in [0.717, 1.165) is 11.1 Å². The van der Waals surface area contributed by atoms with Gasteiger partial charge in [0.05, 0.1) is 30.5 Å². The first-order chi connectivity index (χ1) is 12.1. The van der Waals surface area contributed by atoms with Crippen molar-refractivity contribution in [1.29, 1.82) is 0 Å². The number of amides is 1. The first kappa shape index (κ1) is 16.5. The van der Waals surface area contributed by atoms with Crippen LogP contribution in [0.4, 0.5) is 5.69 Å². The Morgan fingerprint density at radius 3 is 2.76 bits per heavy atom. The van der Waals surface area contributed by atoms with Crippen molar-refractivity contribution < 1.29 is 13.9 Å². The van der Waals surface area contributed by atoms with E-state index in [2.05, 4.69) is 15.5 Å². The van der Waals surface area contributed by atoms with Crippen LogP contribution in [0.5, 0.6) is 5.75 Å². The minimum absolute atomic E-state index is 0.271. The fourth-order valence-electron chi connectivity index (χ4n) is 2.53. The van der Waals surface area contributed by atoms with Crippen LogP contribution in [0.2, 0.25) is 0 Å². The third-order valence-corrected chi connectivity index (χ3v) is 3.76. The molecule has 128 valence electrons. The molecule has 3 N–H and O–H groups in total. The number of nitrogens with one attached hydrogen (secondary N) is 1. The summed E-state index contributed by atoms with van der Waals surface area (Å²) in [5, 5.41) is 11.2. The largest absolute Gasteiger partial charge is 0.496 e. The van der Waals surface area contributed by atoms with Crippen LogP contribution in [0.15, 0.2) is 46.9 Å². The van der Waals surface area contributed by atoms with E-state index >= 15 is 0 Å². The van der Waals surface area contributed by atoms with Crippen molar-refractivity contribution in [1.82, 2.24) is 10.2 Å². The number of methoxy groups -OCH3 is 1. The number of carbonyl (C=O) groups is 1. The number of ether oxygens (including phenoxy) is 1. The minimum Gasteiger partial charge on any atom is -0.496 e. The molecule has 0 unspecified atom stereocenters. The molecule has 25 heavy (non-hydrogen) atoms. The van der Waals surface area contributed by atoms with Crippen molar-refractivity contribution >= 4 is 11.6 Å². The summed E-state index contributed by atoms with van der Waals surface area (Å²) in [4.78, 5) is 11.6. The quantitative estimate of drug-likeness (QED) is 0.716. The Labute approximate surface area is 144 Å². The summed E-state index contributed by atoms with van der Waals surface area (Å²) in [5.41, 5.74) is 8.12. The molecule has 0 saturated heterocycles. The molecular weight excluding hydrogens is 320 g/mol. The molecule has 0 bridgehead atoms. The maximum Gasteiger partial charge on any atom is 0.251 e. The highest BCUT2D eigenvalue weighted by Crippen LogP contribution is 2.28. The van der Waals surface area contributed by atoms with Crippen LogP contribution in [0.3, 0.4) is 0 Å². The third kappa shape index (κ3) is 3.45. The summed E-state index contributed by atoms with van der Waals surface area (Å²) in [5.74, 6) is 0.917. The maximum absolute atomic E-state index is 11.6.